The Kier molecular flexibility index (Phi) is 5.52. The van der Waals surface area contributed by atoms with E-state index in [1.165, 1.54) is 0 Å². The minimum atomic E-state index is -4.39. The fourth-order valence-corrected chi connectivity index (χ4v) is 2.91. The highest BCUT2D eigenvalue weighted by atomic mass is 35.5. The number of rotatable bonds is 3. The number of hydrogen-bond acceptors (Lipinski definition) is 4. The van der Waals surface area contributed by atoms with E-state index in [-0.39, 0.29) is 30.0 Å². The normalized spacial score (nSPS) is 24.0. The molecule has 0 radical (unpaired) electrons. The van der Waals surface area contributed by atoms with Gasteiger partial charge in [-0.1, -0.05) is 30.3 Å². The summed E-state index contributed by atoms with van der Waals surface area (Å²) in [7, 11) is 0. The number of halogens is 4. The van der Waals surface area contributed by atoms with E-state index in [4.69, 9.17) is 5.73 Å². The van der Waals surface area contributed by atoms with Crippen molar-refractivity contribution < 1.29 is 18.3 Å². The Morgan fingerprint density at radius 3 is 2.42 bits per heavy atom. The van der Waals surface area contributed by atoms with Crippen LogP contribution in [0.15, 0.2) is 30.3 Å². The van der Waals surface area contributed by atoms with Crippen molar-refractivity contribution in [3.63, 3.8) is 0 Å². The molecule has 24 heavy (non-hydrogen) atoms. The molecular weight excluding hydrogens is 345 g/mol. The van der Waals surface area contributed by atoms with Crippen LogP contribution in [0.1, 0.15) is 24.6 Å². The first-order valence-corrected chi connectivity index (χ1v) is 7.34. The summed E-state index contributed by atoms with van der Waals surface area (Å²) in [6, 6.07) is 8.39. The minimum absolute atomic E-state index is 0. The standard InChI is InChI=1S/C15H17F3N4O.ClH/c16-15(17,18)8-22-14(10-6-11(19)12(23)7-10)20-13(21-22)9-4-2-1-3-5-9;/h1-5,10-12,23H,6-8,19H2;1H/t10-,11-,12-;/m0./s1. The van der Waals surface area contributed by atoms with E-state index < -0.39 is 24.9 Å². The number of aliphatic hydroxyl groups excluding tert-OH is 1. The number of hydrogen-bond donors (Lipinski definition) is 2. The SMILES string of the molecule is Cl.N[C@H]1C[C@H](c2nc(-c3ccccc3)nn2CC(F)(F)F)C[C@@H]1O. The lowest BCUT2D eigenvalue weighted by Gasteiger charge is -2.12. The average Bonchev–Trinajstić information content (AvgIpc) is 3.02. The molecule has 0 amide bonds. The van der Waals surface area contributed by atoms with Crippen molar-refractivity contribution in [3.8, 4) is 11.4 Å². The van der Waals surface area contributed by atoms with Crippen LogP contribution in [-0.2, 0) is 6.54 Å². The lowest BCUT2D eigenvalue weighted by Crippen LogP contribution is -2.28. The molecule has 3 N–H and O–H groups in total. The summed E-state index contributed by atoms with van der Waals surface area (Å²) in [4.78, 5) is 4.30. The molecule has 1 heterocycles. The van der Waals surface area contributed by atoms with Crippen LogP contribution in [0.4, 0.5) is 13.2 Å². The molecule has 0 saturated heterocycles. The highest BCUT2D eigenvalue weighted by Crippen LogP contribution is 2.34. The van der Waals surface area contributed by atoms with E-state index in [0.29, 0.717) is 18.4 Å². The maximum atomic E-state index is 12.8. The number of alkyl halides is 3. The van der Waals surface area contributed by atoms with Crippen molar-refractivity contribution in [2.45, 2.75) is 43.6 Å². The van der Waals surface area contributed by atoms with Crippen LogP contribution in [0.5, 0.6) is 0 Å². The summed E-state index contributed by atoms with van der Waals surface area (Å²) >= 11 is 0. The van der Waals surface area contributed by atoms with Gasteiger partial charge in [0.15, 0.2) is 5.82 Å². The number of nitrogens with two attached hydrogens (primary N) is 1. The largest absolute Gasteiger partial charge is 0.408 e. The maximum absolute atomic E-state index is 12.8. The van der Waals surface area contributed by atoms with Crippen LogP contribution < -0.4 is 5.73 Å². The smallest absolute Gasteiger partial charge is 0.391 e. The van der Waals surface area contributed by atoms with Crippen molar-refractivity contribution >= 4 is 12.4 Å². The third kappa shape index (κ3) is 4.06. The molecule has 9 heteroatoms. The van der Waals surface area contributed by atoms with Crippen molar-refractivity contribution in [2.24, 2.45) is 5.73 Å². The molecule has 1 aromatic carbocycles. The molecule has 3 rings (SSSR count). The van der Waals surface area contributed by atoms with Gasteiger partial charge < -0.3 is 10.8 Å². The third-order valence-electron chi connectivity index (χ3n) is 4.00. The van der Waals surface area contributed by atoms with Gasteiger partial charge >= 0.3 is 6.18 Å². The first kappa shape index (κ1) is 18.7. The van der Waals surface area contributed by atoms with E-state index in [1.807, 2.05) is 6.07 Å². The van der Waals surface area contributed by atoms with E-state index in [9.17, 15) is 18.3 Å². The number of nitrogens with zero attached hydrogens (tertiary/aromatic N) is 3. The molecule has 5 nitrogen and oxygen atoms in total. The Bertz CT molecular complexity index is 667. The van der Waals surface area contributed by atoms with Crippen LogP contribution in [0, 0.1) is 0 Å². The summed E-state index contributed by atoms with van der Waals surface area (Å²) in [5, 5.41) is 13.8. The molecule has 0 spiro atoms. The highest BCUT2D eigenvalue weighted by molar-refractivity contribution is 5.85. The van der Waals surface area contributed by atoms with Gasteiger partial charge in [0.25, 0.3) is 0 Å². The van der Waals surface area contributed by atoms with Crippen molar-refractivity contribution in [1.29, 1.82) is 0 Å². The molecular formula is C15H18ClF3N4O. The molecule has 1 saturated carbocycles. The zero-order valence-electron chi connectivity index (χ0n) is 12.6. The van der Waals surface area contributed by atoms with Crippen molar-refractivity contribution in [2.75, 3.05) is 0 Å². The molecule has 0 unspecified atom stereocenters. The van der Waals surface area contributed by atoms with Gasteiger partial charge in [-0.25, -0.2) is 9.67 Å². The fourth-order valence-electron chi connectivity index (χ4n) is 2.91. The average molecular weight is 363 g/mol. The molecule has 1 aliphatic rings. The topological polar surface area (TPSA) is 77.0 Å². The van der Waals surface area contributed by atoms with Gasteiger partial charge in [-0.3, -0.25) is 0 Å². The monoisotopic (exact) mass is 362 g/mol. The molecule has 0 bridgehead atoms. The Hall–Kier alpha value is -1.64. The second kappa shape index (κ2) is 7.08. The predicted octanol–water partition coefficient (Wildman–Crippen LogP) is 2.49. The summed E-state index contributed by atoms with van der Waals surface area (Å²) in [5.74, 6) is 0.153. The quantitative estimate of drug-likeness (QED) is 0.879. The zero-order chi connectivity index (χ0) is 16.6. The number of aliphatic hydroxyl groups is 1. The Balaban J connectivity index is 0.00000208. The first-order valence-electron chi connectivity index (χ1n) is 7.34. The molecule has 2 aromatic rings. The predicted molar refractivity (Wildman–Crippen MR) is 84.7 cm³/mol. The number of aromatic nitrogens is 3. The molecule has 1 aliphatic carbocycles. The maximum Gasteiger partial charge on any atom is 0.408 e. The number of benzene rings is 1. The van der Waals surface area contributed by atoms with Crippen LogP contribution in [0.2, 0.25) is 0 Å². The molecule has 0 aliphatic heterocycles. The van der Waals surface area contributed by atoms with Gasteiger partial charge in [-0.15, -0.1) is 12.4 Å². The molecule has 3 atom stereocenters. The van der Waals surface area contributed by atoms with Crippen LogP contribution >= 0.6 is 12.4 Å². The summed E-state index contributed by atoms with van der Waals surface area (Å²) in [6.07, 6.45) is -4.43. The lowest BCUT2D eigenvalue weighted by molar-refractivity contribution is -0.143. The van der Waals surface area contributed by atoms with Crippen molar-refractivity contribution in [3.05, 3.63) is 36.2 Å². The van der Waals surface area contributed by atoms with Gasteiger partial charge in [-0.05, 0) is 12.8 Å². The van der Waals surface area contributed by atoms with Gasteiger partial charge in [0, 0.05) is 17.5 Å². The highest BCUT2D eigenvalue weighted by Gasteiger charge is 2.37. The molecule has 1 fully saturated rings. The Morgan fingerprint density at radius 1 is 1.21 bits per heavy atom. The Morgan fingerprint density at radius 2 is 1.88 bits per heavy atom. The van der Waals surface area contributed by atoms with Crippen LogP contribution in [-0.4, -0.2) is 38.2 Å². The lowest BCUT2D eigenvalue weighted by atomic mass is 10.1. The van der Waals surface area contributed by atoms with Gasteiger partial charge in [0.1, 0.15) is 12.4 Å². The summed E-state index contributed by atoms with van der Waals surface area (Å²) in [6.45, 7) is -1.20. The zero-order valence-corrected chi connectivity index (χ0v) is 13.5. The minimum Gasteiger partial charge on any atom is -0.391 e. The molecule has 1 aromatic heterocycles. The van der Waals surface area contributed by atoms with E-state index in [0.717, 1.165) is 4.68 Å². The van der Waals surface area contributed by atoms with Gasteiger partial charge in [0.2, 0.25) is 0 Å². The van der Waals surface area contributed by atoms with E-state index in [2.05, 4.69) is 10.1 Å². The van der Waals surface area contributed by atoms with Crippen LogP contribution in [0.3, 0.4) is 0 Å². The summed E-state index contributed by atoms with van der Waals surface area (Å²) in [5.41, 5.74) is 6.42. The first-order chi connectivity index (χ1) is 10.8. The second-order valence-corrected chi connectivity index (χ2v) is 5.83. The van der Waals surface area contributed by atoms with Crippen molar-refractivity contribution in [1.82, 2.24) is 14.8 Å². The van der Waals surface area contributed by atoms with Gasteiger partial charge in [-0.2, -0.15) is 18.3 Å². The van der Waals surface area contributed by atoms with Crippen LogP contribution in [0.25, 0.3) is 11.4 Å². The third-order valence-corrected chi connectivity index (χ3v) is 4.00. The molecule has 132 valence electrons. The van der Waals surface area contributed by atoms with E-state index in [1.54, 1.807) is 24.3 Å². The Labute approximate surface area is 143 Å². The second-order valence-electron chi connectivity index (χ2n) is 5.83. The van der Waals surface area contributed by atoms with Gasteiger partial charge in [0.05, 0.1) is 6.10 Å². The summed E-state index contributed by atoms with van der Waals surface area (Å²) < 4.78 is 39.3. The van der Waals surface area contributed by atoms with E-state index >= 15 is 0 Å². The fraction of sp³-hybridized carbons (Fsp3) is 0.467.